The van der Waals surface area contributed by atoms with Crippen LogP contribution in [0.3, 0.4) is 0 Å². The van der Waals surface area contributed by atoms with Gasteiger partial charge >= 0.3 is 0 Å². The van der Waals surface area contributed by atoms with Gasteiger partial charge in [0.2, 0.25) is 5.91 Å². The van der Waals surface area contributed by atoms with Crippen molar-refractivity contribution in [1.82, 2.24) is 5.32 Å². The molecule has 252 valence electrons. The van der Waals surface area contributed by atoms with Crippen LogP contribution in [0.1, 0.15) is 65.7 Å². The fraction of sp³-hybridized carbons (Fsp3) is 0.171. The lowest BCUT2D eigenvalue weighted by Crippen LogP contribution is -2.30. The van der Waals surface area contributed by atoms with Crippen molar-refractivity contribution in [3.05, 3.63) is 142 Å². The van der Waals surface area contributed by atoms with E-state index >= 15 is 0 Å². The molecule has 0 radical (unpaired) electrons. The summed E-state index contributed by atoms with van der Waals surface area (Å²) in [6.45, 7) is 8.17. The summed E-state index contributed by atoms with van der Waals surface area (Å²) in [7, 11) is 0. The number of carbonyl (C=O) groups excluding carboxylic acids is 3. The van der Waals surface area contributed by atoms with Crippen LogP contribution in [0.5, 0.6) is 0 Å². The highest BCUT2D eigenvalue weighted by molar-refractivity contribution is 8.00. The van der Waals surface area contributed by atoms with Gasteiger partial charge in [-0.05, 0) is 72.4 Å². The van der Waals surface area contributed by atoms with Crippen LogP contribution < -0.4 is 16.0 Å². The van der Waals surface area contributed by atoms with Gasteiger partial charge in [-0.15, -0.1) is 23.1 Å². The zero-order valence-electron chi connectivity index (χ0n) is 28.3. The highest BCUT2D eigenvalue weighted by Crippen LogP contribution is 2.36. The molecule has 50 heavy (non-hydrogen) atoms. The Labute approximate surface area is 301 Å². The van der Waals surface area contributed by atoms with Crippen LogP contribution in [0.15, 0.2) is 119 Å². The van der Waals surface area contributed by atoms with E-state index < -0.39 is 17.1 Å². The largest absolute Gasteiger partial charge is 0.321 e. The fourth-order valence-electron chi connectivity index (χ4n) is 5.12. The molecular weight excluding hydrogens is 661 g/mol. The summed E-state index contributed by atoms with van der Waals surface area (Å²) in [6, 6.07) is 34.0. The average molecular weight is 699 g/mol. The predicted molar refractivity (Wildman–Crippen MR) is 205 cm³/mol. The van der Waals surface area contributed by atoms with Crippen molar-refractivity contribution >= 4 is 57.6 Å². The Kier molecular flexibility index (Phi) is 12.0. The number of carbonyl (C=O) groups is 3. The van der Waals surface area contributed by atoms with Gasteiger partial charge in [-0.25, -0.2) is 0 Å². The number of hydrogen-bond acceptors (Lipinski definition) is 6. The van der Waals surface area contributed by atoms with Crippen molar-refractivity contribution in [1.29, 1.82) is 5.26 Å². The minimum Gasteiger partial charge on any atom is -0.321 e. The van der Waals surface area contributed by atoms with Gasteiger partial charge in [0.1, 0.15) is 16.8 Å². The highest BCUT2D eigenvalue weighted by atomic mass is 32.2. The predicted octanol–water partition coefficient (Wildman–Crippen LogP) is 9.64. The second kappa shape index (κ2) is 16.8. The lowest BCUT2D eigenvalue weighted by atomic mass is 10.0. The molecule has 0 aliphatic rings. The number of nitrogens with zero attached hydrogens (tertiary/aromatic N) is 1. The van der Waals surface area contributed by atoms with Crippen LogP contribution in [-0.2, 0) is 9.59 Å². The van der Waals surface area contributed by atoms with Gasteiger partial charge in [-0.1, -0.05) is 99.1 Å². The molecule has 4 aromatic carbocycles. The number of aryl methyl sites for hydroxylation is 1. The van der Waals surface area contributed by atoms with E-state index in [-0.39, 0.29) is 11.6 Å². The third-order valence-electron chi connectivity index (χ3n) is 7.98. The molecule has 1 atom stereocenters. The Bertz CT molecular complexity index is 2040. The van der Waals surface area contributed by atoms with Gasteiger partial charge in [-0.3, -0.25) is 14.4 Å². The number of rotatable bonds is 12. The van der Waals surface area contributed by atoms with E-state index in [9.17, 15) is 19.6 Å². The summed E-state index contributed by atoms with van der Waals surface area (Å²) in [5.74, 6) is -0.735. The molecule has 7 nitrogen and oxygen atoms in total. The summed E-state index contributed by atoms with van der Waals surface area (Å²) >= 11 is 2.70. The van der Waals surface area contributed by atoms with E-state index in [4.69, 9.17) is 0 Å². The highest BCUT2D eigenvalue weighted by Gasteiger charge is 2.22. The second-order valence-corrected chi connectivity index (χ2v) is 14.2. The smallest absolute Gasteiger partial charge is 0.272 e. The molecule has 3 amide bonds. The molecule has 0 saturated carbocycles. The van der Waals surface area contributed by atoms with Crippen LogP contribution in [0.25, 0.3) is 17.2 Å². The fourth-order valence-corrected chi connectivity index (χ4v) is 7.05. The third-order valence-corrected chi connectivity index (χ3v) is 10.2. The molecule has 1 unspecified atom stereocenters. The number of anilines is 2. The van der Waals surface area contributed by atoms with Gasteiger partial charge in [0.05, 0.1) is 10.8 Å². The van der Waals surface area contributed by atoms with Crippen molar-refractivity contribution in [2.24, 2.45) is 0 Å². The minimum atomic E-state index is -0.486. The van der Waals surface area contributed by atoms with Gasteiger partial charge in [0.15, 0.2) is 0 Å². The second-order valence-electron chi connectivity index (χ2n) is 12.0. The molecule has 0 bridgehead atoms. The number of nitriles is 1. The maximum atomic E-state index is 13.7. The number of benzene rings is 4. The van der Waals surface area contributed by atoms with Gasteiger partial charge in [-0.2, -0.15) is 5.26 Å². The molecule has 0 saturated heterocycles. The zero-order chi connectivity index (χ0) is 35.6. The number of nitrogens with one attached hydrogen (secondary N) is 3. The van der Waals surface area contributed by atoms with Crippen LogP contribution in [0.4, 0.5) is 10.7 Å². The molecule has 1 aromatic heterocycles. The van der Waals surface area contributed by atoms with E-state index in [1.165, 1.54) is 28.7 Å². The summed E-state index contributed by atoms with van der Waals surface area (Å²) in [4.78, 5) is 41.0. The van der Waals surface area contributed by atoms with Crippen LogP contribution in [-0.4, -0.2) is 23.0 Å². The molecule has 5 rings (SSSR count). The van der Waals surface area contributed by atoms with Gasteiger partial charge < -0.3 is 16.0 Å². The van der Waals surface area contributed by atoms with Crippen molar-refractivity contribution < 1.29 is 14.4 Å². The van der Waals surface area contributed by atoms with E-state index in [0.29, 0.717) is 34.2 Å². The summed E-state index contributed by atoms with van der Waals surface area (Å²) in [5.41, 5.74) is 6.25. The Morgan fingerprint density at radius 2 is 1.62 bits per heavy atom. The summed E-state index contributed by atoms with van der Waals surface area (Å²) in [6.07, 6.45) is 2.19. The van der Waals surface area contributed by atoms with Crippen LogP contribution in [0.2, 0.25) is 0 Å². The first-order valence-corrected chi connectivity index (χ1v) is 18.1. The van der Waals surface area contributed by atoms with Crippen molar-refractivity contribution in [3.63, 3.8) is 0 Å². The Hall–Kier alpha value is -5.43. The van der Waals surface area contributed by atoms with Crippen molar-refractivity contribution in [3.8, 4) is 17.2 Å². The van der Waals surface area contributed by atoms with E-state index in [0.717, 1.165) is 27.1 Å². The van der Waals surface area contributed by atoms with E-state index in [1.807, 2.05) is 79.9 Å². The lowest BCUT2D eigenvalue weighted by molar-refractivity contribution is -0.116. The third kappa shape index (κ3) is 9.17. The molecular formula is C41H38N4O3S2. The Morgan fingerprint density at radius 3 is 2.28 bits per heavy atom. The lowest BCUT2D eigenvalue weighted by Gasteiger charge is -2.16. The summed E-state index contributed by atoms with van der Waals surface area (Å²) in [5, 5.41) is 20.6. The first-order valence-electron chi connectivity index (χ1n) is 16.3. The standard InChI is InChI=1S/C41H38N4O3S2/c1-5-37(40(48)45-41-34(24-42)35(25-49-41)30-18-14-27(4)15-19-30)50-33-13-9-12-32(23-33)43-39(47)36(44-38(46)31-10-7-6-8-11-31)22-28-16-20-29(21-17-28)26(2)3/h6-23,25-26,37H,5H2,1-4H3,(H,43,47)(H,44,46)(H,45,48)/b36-22+. The molecule has 0 aliphatic heterocycles. The number of thioether (sulfide) groups is 1. The number of thiophene rings is 1. The van der Waals surface area contributed by atoms with Crippen LogP contribution in [0, 0.1) is 18.3 Å². The first kappa shape index (κ1) is 35.9. The first-order chi connectivity index (χ1) is 24.1. The normalized spacial score (nSPS) is 11.8. The monoisotopic (exact) mass is 698 g/mol. The molecule has 0 fully saturated rings. The van der Waals surface area contributed by atoms with E-state index in [1.54, 1.807) is 48.5 Å². The SMILES string of the molecule is CCC(Sc1cccc(NC(=O)/C(=C\c2ccc(C(C)C)cc2)NC(=O)c2ccccc2)c1)C(=O)Nc1scc(-c2ccc(C)cc2)c1C#N. The zero-order valence-corrected chi connectivity index (χ0v) is 30.0. The van der Waals surface area contributed by atoms with Crippen molar-refractivity contribution in [2.45, 2.75) is 50.2 Å². The topological polar surface area (TPSA) is 111 Å². The molecule has 1 heterocycles. The average Bonchev–Trinajstić information content (AvgIpc) is 3.53. The molecule has 0 spiro atoms. The maximum absolute atomic E-state index is 13.7. The number of amides is 3. The molecule has 3 N–H and O–H groups in total. The Balaban J connectivity index is 1.31. The maximum Gasteiger partial charge on any atom is 0.272 e. The van der Waals surface area contributed by atoms with Crippen LogP contribution >= 0.6 is 23.1 Å². The Morgan fingerprint density at radius 1 is 0.900 bits per heavy atom. The molecule has 0 aliphatic carbocycles. The van der Waals surface area contributed by atoms with E-state index in [2.05, 4.69) is 35.9 Å². The molecule has 5 aromatic rings. The number of hydrogen-bond donors (Lipinski definition) is 3. The summed E-state index contributed by atoms with van der Waals surface area (Å²) < 4.78 is 0. The minimum absolute atomic E-state index is 0.0919. The quantitative estimate of drug-likeness (QED) is 0.0888. The van der Waals surface area contributed by atoms with Crippen molar-refractivity contribution in [2.75, 3.05) is 10.6 Å². The van der Waals surface area contributed by atoms with Gasteiger partial charge in [0, 0.05) is 27.1 Å². The van der Waals surface area contributed by atoms with Gasteiger partial charge in [0.25, 0.3) is 11.8 Å². The molecule has 9 heteroatoms.